The summed E-state index contributed by atoms with van der Waals surface area (Å²) in [5.74, 6) is 0.0864. The number of nitrogens with zero attached hydrogens (tertiary/aromatic N) is 6. The van der Waals surface area contributed by atoms with Gasteiger partial charge in [-0.05, 0) is 48.1 Å². The molecule has 1 aliphatic heterocycles. The lowest BCUT2D eigenvalue weighted by Crippen LogP contribution is -2.48. The van der Waals surface area contributed by atoms with Crippen LogP contribution in [0.4, 0.5) is 11.4 Å². The number of amides is 1. The van der Waals surface area contributed by atoms with Crippen LogP contribution in [0.3, 0.4) is 0 Å². The lowest BCUT2D eigenvalue weighted by atomic mass is 9.95. The quantitative estimate of drug-likeness (QED) is 0.177. The van der Waals surface area contributed by atoms with Crippen molar-refractivity contribution in [3.05, 3.63) is 98.9 Å². The van der Waals surface area contributed by atoms with Gasteiger partial charge in [-0.15, -0.1) is 0 Å². The van der Waals surface area contributed by atoms with Crippen LogP contribution in [0.1, 0.15) is 56.4 Å². The van der Waals surface area contributed by atoms with Gasteiger partial charge < -0.3 is 9.80 Å². The maximum Gasteiger partial charge on any atom is 0.274 e. The number of aryl methyl sites for hydroxylation is 1. The molecule has 4 aromatic rings. The van der Waals surface area contributed by atoms with E-state index < -0.39 is 5.56 Å². The molecular formula is C34H35ClN6O2. The third-order valence-corrected chi connectivity index (χ3v) is 8.30. The van der Waals surface area contributed by atoms with E-state index in [2.05, 4.69) is 36.3 Å². The first kappa shape index (κ1) is 30.0. The molecule has 1 amide bonds. The van der Waals surface area contributed by atoms with Gasteiger partial charge in [-0.2, -0.15) is 0 Å². The molecule has 8 nitrogen and oxygen atoms in total. The Hall–Kier alpha value is -4.48. The summed E-state index contributed by atoms with van der Waals surface area (Å²) in [6.07, 6.45) is 3.05. The molecule has 0 aliphatic carbocycles. The van der Waals surface area contributed by atoms with Crippen molar-refractivity contribution < 1.29 is 4.79 Å². The van der Waals surface area contributed by atoms with Crippen LogP contribution in [0.25, 0.3) is 32.8 Å². The number of hydrogen-bond acceptors (Lipinski definition) is 5. The third kappa shape index (κ3) is 5.30. The average Bonchev–Trinajstić information content (AvgIpc) is 3.00. The molecule has 4 heterocycles. The van der Waals surface area contributed by atoms with Crippen molar-refractivity contribution in [1.29, 1.82) is 0 Å². The van der Waals surface area contributed by atoms with Crippen molar-refractivity contribution in [2.45, 2.75) is 46.5 Å². The molecule has 0 radical (unpaired) electrons. The Balaban J connectivity index is 1.88. The number of piperazine rings is 1. The maximum absolute atomic E-state index is 14.5. The number of pyridine rings is 3. The number of rotatable bonds is 6. The summed E-state index contributed by atoms with van der Waals surface area (Å²) in [6.45, 7) is 23.8. The molecule has 0 N–H and O–H groups in total. The van der Waals surface area contributed by atoms with Gasteiger partial charge in [-0.1, -0.05) is 70.1 Å². The summed E-state index contributed by atoms with van der Waals surface area (Å²) in [5.41, 5.74) is 5.20. The normalized spacial score (nSPS) is 13.6. The van der Waals surface area contributed by atoms with Crippen molar-refractivity contribution in [2.75, 3.05) is 31.1 Å². The van der Waals surface area contributed by atoms with E-state index in [-0.39, 0.29) is 23.4 Å². The largest absolute Gasteiger partial charge is 0.376 e. The van der Waals surface area contributed by atoms with E-state index in [9.17, 15) is 9.59 Å². The molecule has 220 valence electrons. The van der Waals surface area contributed by atoms with Crippen LogP contribution in [0.15, 0.2) is 60.0 Å². The molecule has 43 heavy (non-hydrogen) atoms. The first-order valence-electron chi connectivity index (χ1n) is 14.5. The highest BCUT2D eigenvalue weighted by Gasteiger charge is 2.29. The van der Waals surface area contributed by atoms with E-state index in [0.29, 0.717) is 59.3 Å². The van der Waals surface area contributed by atoms with Crippen molar-refractivity contribution in [3.8, 4) is 16.9 Å². The minimum Gasteiger partial charge on any atom is -0.376 e. The zero-order chi connectivity index (χ0) is 31.0. The van der Waals surface area contributed by atoms with E-state index in [0.717, 1.165) is 22.4 Å². The summed E-state index contributed by atoms with van der Waals surface area (Å²) in [6, 6.07) is 11.7. The highest BCUT2D eigenvalue weighted by molar-refractivity contribution is 6.34. The summed E-state index contributed by atoms with van der Waals surface area (Å²) >= 11 is 7.03. The van der Waals surface area contributed by atoms with E-state index in [1.54, 1.807) is 15.7 Å². The summed E-state index contributed by atoms with van der Waals surface area (Å²) in [5, 5.41) is 1.03. The fourth-order valence-electron chi connectivity index (χ4n) is 5.85. The second kappa shape index (κ2) is 12.0. The van der Waals surface area contributed by atoms with Crippen LogP contribution in [-0.4, -0.2) is 51.5 Å². The highest BCUT2D eigenvalue weighted by atomic mass is 35.5. The minimum absolute atomic E-state index is 0.0110. The topological polar surface area (TPSA) is 75.7 Å². The first-order valence-corrected chi connectivity index (χ1v) is 14.8. The van der Waals surface area contributed by atoms with Crippen LogP contribution < -0.4 is 10.5 Å². The average molecular weight is 595 g/mol. The van der Waals surface area contributed by atoms with Gasteiger partial charge in [0, 0.05) is 43.3 Å². The van der Waals surface area contributed by atoms with Crippen LogP contribution in [0.2, 0.25) is 5.02 Å². The standard InChI is InChI=1S/C34H35ClN6O2/c1-8-27(42)39-15-17-40(18-16-39)32-25-19-26(35)29(24-12-10-9-11-23(24)20(2)3)38-33(25)41(34(43)30(32)36-7)31-22(6)13-14-37-28(31)21(4)5/h8-14,19-21H,1,15-18H2,2-6H3. The lowest BCUT2D eigenvalue weighted by Gasteiger charge is -2.37. The van der Waals surface area contributed by atoms with Gasteiger partial charge in [0.15, 0.2) is 0 Å². The second-order valence-corrected chi connectivity index (χ2v) is 11.8. The van der Waals surface area contributed by atoms with E-state index >= 15 is 0 Å². The number of anilines is 1. The Morgan fingerprint density at radius 2 is 1.77 bits per heavy atom. The first-order chi connectivity index (χ1) is 20.6. The molecule has 5 rings (SSSR count). The van der Waals surface area contributed by atoms with Gasteiger partial charge in [-0.3, -0.25) is 19.1 Å². The number of carbonyl (C=O) groups is 1. The molecule has 3 aromatic heterocycles. The van der Waals surface area contributed by atoms with E-state index in [1.807, 2.05) is 56.0 Å². The monoisotopic (exact) mass is 594 g/mol. The van der Waals surface area contributed by atoms with Gasteiger partial charge >= 0.3 is 0 Å². The number of halogens is 1. The number of benzene rings is 1. The Kier molecular flexibility index (Phi) is 8.38. The molecule has 1 aromatic carbocycles. The molecule has 0 unspecified atom stereocenters. The molecule has 1 fully saturated rings. The molecule has 1 aliphatic rings. The van der Waals surface area contributed by atoms with Crippen molar-refractivity contribution in [1.82, 2.24) is 19.4 Å². The zero-order valence-corrected chi connectivity index (χ0v) is 25.9. The van der Waals surface area contributed by atoms with Crippen LogP contribution in [-0.2, 0) is 4.79 Å². The minimum atomic E-state index is -0.460. The van der Waals surface area contributed by atoms with Gasteiger partial charge in [-0.25, -0.2) is 9.83 Å². The van der Waals surface area contributed by atoms with Gasteiger partial charge in [0.25, 0.3) is 11.2 Å². The van der Waals surface area contributed by atoms with Crippen molar-refractivity contribution in [2.24, 2.45) is 0 Å². The number of carbonyl (C=O) groups excluding carboxylic acids is 1. The summed E-state index contributed by atoms with van der Waals surface area (Å²) in [4.78, 5) is 44.0. The summed E-state index contributed by atoms with van der Waals surface area (Å²) in [7, 11) is 0. The van der Waals surface area contributed by atoms with Crippen LogP contribution in [0, 0.1) is 13.5 Å². The molecule has 0 atom stereocenters. The lowest BCUT2D eigenvalue weighted by molar-refractivity contribution is -0.126. The number of hydrogen-bond donors (Lipinski definition) is 0. The SMILES string of the molecule is [C-]#[N+]c1c(N2CCN(C(=O)C=C)CC2)c2cc(Cl)c(-c3ccccc3C(C)C)nc2n(-c2c(C)ccnc2C(C)C)c1=O. The molecule has 0 bridgehead atoms. The molecule has 9 heteroatoms. The van der Waals surface area contributed by atoms with E-state index in [1.165, 1.54) is 6.08 Å². The summed E-state index contributed by atoms with van der Waals surface area (Å²) < 4.78 is 1.55. The third-order valence-electron chi connectivity index (χ3n) is 8.01. The maximum atomic E-state index is 14.5. The second-order valence-electron chi connectivity index (χ2n) is 11.4. The predicted molar refractivity (Wildman–Crippen MR) is 174 cm³/mol. The molecule has 1 saturated heterocycles. The smallest absolute Gasteiger partial charge is 0.274 e. The fraction of sp³-hybridized carbons (Fsp3) is 0.324. The van der Waals surface area contributed by atoms with Gasteiger partial charge in [0.05, 0.1) is 34.4 Å². The van der Waals surface area contributed by atoms with Crippen LogP contribution >= 0.6 is 11.6 Å². The fourth-order valence-corrected chi connectivity index (χ4v) is 6.11. The Morgan fingerprint density at radius 3 is 2.40 bits per heavy atom. The molecular weight excluding hydrogens is 560 g/mol. The Bertz CT molecular complexity index is 1840. The Labute approximate surface area is 257 Å². The predicted octanol–water partition coefficient (Wildman–Crippen LogP) is 7.04. The number of aromatic nitrogens is 3. The zero-order valence-electron chi connectivity index (χ0n) is 25.2. The molecule has 0 spiro atoms. The van der Waals surface area contributed by atoms with Crippen LogP contribution in [0.5, 0.6) is 0 Å². The van der Waals surface area contributed by atoms with Gasteiger partial charge in [0.2, 0.25) is 5.91 Å². The highest BCUT2D eigenvalue weighted by Crippen LogP contribution is 2.41. The molecule has 0 saturated carbocycles. The van der Waals surface area contributed by atoms with Gasteiger partial charge in [0.1, 0.15) is 5.65 Å². The van der Waals surface area contributed by atoms with Crippen molar-refractivity contribution in [3.63, 3.8) is 0 Å². The van der Waals surface area contributed by atoms with E-state index in [4.69, 9.17) is 23.2 Å². The number of fused-ring (bicyclic) bond motifs is 1. The Morgan fingerprint density at radius 1 is 1.07 bits per heavy atom. The van der Waals surface area contributed by atoms with Crippen molar-refractivity contribution >= 4 is 39.9 Å².